The molecule has 0 saturated carbocycles. The van der Waals surface area contributed by atoms with Crippen LogP contribution in [0.1, 0.15) is 29.1 Å². The Morgan fingerprint density at radius 3 is 2.68 bits per heavy atom. The topological polar surface area (TPSA) is 67.6 Å². The van der Waals surface area contributed by atoms with Crippen LogP contribution < -0.4 is 11.1 Å². The van der Waals surface area contributed by atoms with Gasteiger partial charge in [0, 0.05) is 41.9 Å². The summed E-state index contributed by atoms with van der Waals surface area (Å²) in [6, 6.07) is 4.43. The summed E-state index contributed by atoms with van der Waals surface area (Å²) in [5.74, 6) is 0.0246. The first kappa shape index (κ1) is 19.4. The molecule has 7 heteroatoms. The monoisotopic (exact) mass is 347 g/mol. The molecule has 2 unspecified atom stereocenters. The predicted octanol–water partition coefficient (Wildman–Crippen LogP) is 1.71. The number of hydrogen-bond donors (Lipinski definition) is 2. The summed E-state index contributed by atoms with van der Waals surface area (Å²) in [4.78, 5) is 16.8. The van der Waals surface area contributed by atoms with E-state index in [-0.39, 0.29) is 30.4 Å². The number of nitrogens with one attached hydrogen (secondary N) is 1. The second-order valence-corrected chi connectivity index (χ2v) is 6.92. The lowest BCUT2D eigenvalue weighted by atomic mass is 10.1. The fourth-order valence-corrected chi connectivity index (χ4v) is 3.52. The van der Waals surface area contributed by atoms with Gasteiger partial charge in [-0.2, -0.15) is 0 Å². The Hall–Kier alpha value is -0.660. The second-order valence-electron chi connectivity index (χ2n) is 5.60. The van der Waals surface area contributed by atoms with Crippen LogP contribution in [0.4, 0.5) is 0 Å². The van der Waals surface area contributed by atoms with Gasteiger partial charge in [0.05, 0.1) is 19.3 Å². The van der Waals surface area contributed by atoms with Gasteiger partial charge in [-0.25, -0.2) is 0 Å². The lowest BCUT2D eigenvalue weighted by Gasteiger charge is -2.34. The summed E-state index contributed by atoms with van der Waals surface area (Å²) in [7, 11) is 0. The molecule has 1 aromatic heterocycles. The third-order valence-electron chi connectivity index (χ3n) is 3.58. The molecule has 1 aliphatic heterocycles. The van der Waals surface area contributed by atoms with E-state index in [1.54, 1.807) is 11.3 Å². The summed E-state index contributed by atoms with van der Waals surface area (Å²) in [6.07, 6.45) is 0.374. The lowest BCUT2D eigenvalue weighted by molar-refractivity contribution is -0.121. The van der Waals surface area contributed by atoms with E-state index in [0.29, 0.717) is 13.0 Å². The number of aryl methyl sites for hydroxylation is 1. The van der Waals surface area contributed by atoms with E-state index >= 15 is 0 Å². The Kier molecular flexibility index (Phi) is 8.35. The number of hydrogen-bond acceptors (Lipinski definition) is 5. The van der Waals surface area contributed by atoms with Gasteiger partial charge in [0.1, 0.15) is 0 Å². The minimum absolute atomic E-state index is 0. The molecular weight excluding hydrogens is 322 g/mol. The van der Waals surface area contributed by atoms with Crippen molar-refractivity contribution in [3.63, 3.8) is 0 Å². The molecule has 2 rings (SSSR count). The molecule has 0 bridgehead atoms. The van der Waals surface area contributed by atoms with Gasteiger partial charge in [-0.1, -0.05) is 0 Å². The maximum Gasteiger partial charge on any atom is 0.221 e. The van der Waals surface area contributed by atoms with E-state index in [9.17, 15) is 4.79 Å². The summed E-state index contributed by atoms with van der Waals surface area (Å²) in [5.41, 5.74) is 5.67. The fourth-order valence-electron chi connectivity index (χ4n) is 2.51. The zero-order chi connectivity index (χ0) is 15.2. The minimum Gasteiger partial charge on any atom is -0.379 e. The van der Waals surface area contributed by atoms with Gasteiger partial charge in [0.25, 0.3) is 0 Å². The maximum absolute atomic E-state index is 11.8. The van der Waals surface area contributed by atoms with Gasteiger partial charge in [0.15, 0.2) is 0 Å². The van der Waals surface area contributed by atoms with Crippen LogP contribution >= 0.6 is 23.7 Å². The summed E-state index contributed by atoms with van der Waals surface area (Å²) in [5, 5.41) is 3.02. The van der Waals surface area contributed by atoms with E-state index in [2.05, 4.69) is 29.3 Å². The standard InChI is InChI=1S/C15H25N3O2S.ClH/c1-11(16)9-15(19)17-10-13(14-4-3-12(2)21-14)18-5-7-20-8-6-18;/h3-4,11,13H,5-10,16H2,1-2H3,(H,17,19);1H. The zero-order valence-corrected chi connectivity index (χ0v) is 14.8. The molecule has 22 heavy (non-hydrogen) atoms. The molecule has 2 heterocycles. The largest absolute Gasteiger partial charge is 0.379 e. The number of ether oxygens (including phenoxy) is 1. The highest BCUT2D eigenvalue weighted by Gasteiger charge is 2.24. The summed E-state index contributed by atoms with van der Waals surface area (Å²) >= 11 is 1.80. The number of halogens is 1. The smallest absolute Gasteiger partial charge is 0.221 e. The van der Waals surface area contributed by atoms with Gasteiger partial charge in [-0.3, -0.25) is 9.69 Å². The number of amides is 1. The Morgan fingerprint density at radius 1 is 1.45 bits per heavy atom. The van der Waals surface area contributed by atoms with E-state index in [0.717, 1.165) is 26.3 Å². The number of carbonyl (C=O) groups is 1. The van der Waals surface area contributed by atoms with Gasteiger partial charge < -0.3 is 15.8 Å². The molecule has 1 amide bonds. The molecule has 3 N–H and O–H groups in total. The Balaban J connectivity index is 0.00000242. The van der Waals surface area contributed by atoms with E-state index in [1.807, 2.05) is 6.92 Å². The van der Waals surface area contributed by atoms with E-state index in [1.165, 1.54) is 9.75 Å². The Labute approximate surface area is 142 Å². The van der Waals surface area contributed by atoms with Crippen LogP contribution in [0.15, 0.2) is 12.1 Å². The van der Waals surface area contributed by atoms with Gasteiger partial charge in [0.2, 0.25) is 5.91 Å². The van der Waals surface area contributed by atoms with Crippen LogP contribution in [-0.4, -0.2) is 49.7 Å². The van der Waals surface area contributed by atoms with Crippen LogP contribution in [0.2, 0.25) is 0 Å². The number of nitrogens with two attached hydrogens (primary N) is 1. The van der Waals surface area contributed by atoms with Crippen molar-refractivity contribution in [1.82, 2.24) is 10.2 Å². The van der Waals surface area contributed by atoms with E-state index < -0.39 is 0 Å². The van der Waals surface area contributed by atoms with Crippen LogP contribution in [0.25, 0.3) is 0 Å². The van der Waals surface area contributed by atoms with Gasteiger partial charge in [-0.05, 0) is 26.0 Å². The number of carbonyl (C=O) groups excluding carboxylic acids is 1. The minimum atomic E-state index is -0.101. The highest BCUT2D eigenvalue weighted by molar-refractivity contribution is 7.12. The first-order chi connectivity index (χ1) is 10.1. The second kappa shape index (κ2) is 9.47. The molecule has 126 valence electrons. The average molecular weight is 348 g/mol. The van der Waals surface area contributed by atoms with Crippen molar-refractivity contribution >= 4 is 29.7 Å². The van der Waals surface area contributed by atoms with Gasteiger partial charge in [-0.15, -0.1) is 23.7 Å². The van der Waals surface area contributed by atoms with Crippen molar-refractivity contribution in [2.75, 3.05) is 32.8 Å². The first-order valence-electron chi connectivity index (χ1n) is 7.46. The number of rotatable bonds is 6. The summed E-state index contributed by atoms with van der Waals surface area (Å²) < 4.78 is 5.43. The molecule has 0 radical (unpaired) electrons. The Bertz CT molecular complexity index is 461. The van der Waals surface area contributed by atoms with Crippen molar-refractivity contribution in [2.24, 2.45) is 5.73 Å². The average Bonchev–Trinajstić information content (AvgIpc) is 2.86. The number of thiophene rings is 1. The highest BCUT2D eigenvalue weighted by atomic mass is 35.5. The SMILES string of the molecule is Cc1ccc(C(CNC(=O)CC(C)N)N2CCOCC2)s1.Cl. The highest BCUT2D eigenvalue weighted by Crippen LogP contribution is 2.27. The number of nitrogens with zero attached hydrogens (tertiary/aromatic N) is 1. The molecule has 1 fully saturated rings. The zero-order valence-electron chi connectivity index (χ0n) is 13.2. The third-order valence-corrected chi connectivity index (χ3v) is 4.68. The summed E-state index contributed by atoms with van der Waals surface area (Å²) in [6.45, 7) is 7.92. The molecule has 5 nitrogen and oxygen atoms in total. The maximum atomic E-state index is 11.8. The van der Waals surface area contributed by atoms with Crippen molar-refractivity contribution < 1.29 is 9.53 Å². The van der Waals surface area contributed by atoms with Crippen molar-refractivity contribution in [1.29, 1.82) is 0 Å². The molecule has 1 aliphatic rings. The third kappa shape index (κ3) is 5.85. The Morgan fingerprint density at radius 2 is 2.14 bits per heavy atom. The van der Waals surface area contributed by atoms with Crippen LogP contribution in [0, 0.1) is 6.92 Å². The van der Waals surface area contributed by atoms with Crippen molar-refractivity contribution in [3.05, 3.63) is 21.9 Å². The molecule has 1 saturated heterocycles. The molecule has 2 atom stereocenters. The lowest BCUT2D eigenvalue weighted by Crippen LogP contribution is -2.44. The fraction of sp³-hybridized carbons (Fsp3) is 0.667. The van der Waals surface area contributed by atoms with E-state index in [4.69, 9.17) is 10.5 Å². The normalized spacial score (nSPS) is 18.3. The van der Waals surface area contributed by atoms with Gasteiger partial charge >= 0.3 is 0 Å². The first-order valence-corrected chi connectivity index (χ1v) is 8.28. The molecule has 0 aromatic carbocycles. The van der Waals surface area contributed by atoms with Crippen molar-refractivity contribution in [3.8, 4) is 0 Å². The molecule has 0 spiro atoms. The quantitative estimate of drug-likeness (QED) is 0.822. The number of morpholine rings is 1. The van der Waals surface area contributed by atoms with Crippen LogP contribution in [0.3, 0.4) is 0 Å². The predicted molar refractivity (Wildman–Crippen MR) is 92.7 cm³/mol. The van der Waals surface area contributed by atoms with Crippen molar-refractivity contribution in [2.45, 2.75) is 32.4 Å². The molecular formula is C15H26ClN3O2S. The van der Waals surface area contributed by atoms with Crippen LogP contribution in [0.5, 0.6) is 0 Å². The van der Waals surface area contributed by atoms with Crippen LogP contribution in [-0.2, 0) is 9.53 Å². The molecule has 0 aliphatic carbocycles. The molecule has 1 aromatic rings.